The van der Waals surface area contributed by atoms with Crippen LogP contribution in [0.2, 0.25) is 0 Å². The number of rotatable bonds is 4. The van der Waals surface area contributed by atoms with E-state index < -0.39 is 11.5 Å². The van der Waals surface area contributed by atoms with Gasteiger partial charge in [0.2, 0.25) is 5.91 Å². The molecule has 108 valence electrons. The predicted octanol–water partition coefficient (Wildman–Crippen LogP) is 1.58. The molecule has 0 saturated carbocycles. The maximum Gasteiger partial charge on any atom is 0.329 e. The van der Waals surface area contributed by atoms with Crippen LogP contribution in [0.3, 0.4) is 0 Å². The van der Waals surface area contributed by atoms with Gasteiger partial charge in [-0.05, 0) is 40.3 Å². The summed E-state index contributed by atoms with van der Waals surface area (Å²) in [5, 5.41) is 12.1. The van der Waals surface area contributed by atoms with E-state index in [2.05, 4.69) is 27.9 Å². The van der Waals surface area contributed by atoms with Gasteiger partial charge in [-0.25, -0.2) is 4.79 Å². The van der Waals surface area contributed by atoms with E-state index in [0.29, 0.717) is 26.1 Å². The van der Waals surface area contributed by atoms with Crippen LogP contribution in [0.25, 0.3) is 0 Å². The van der Waals surface area contributed by atoms with E-state index in [1.165, 1.54) is 0 Å². The zero-order valence-electron chi connectivity index (χ0n) is 10.9. The Morgan fingerprint density at radius 3 is 2.65 bits per heavy atom. The molecule has 1 fully saturated rings. The van der Waals surface area contributed by atoms with Gasteiger partial charge in [0.25, 0.3) is 0 Å². The van der Waals surface area contributed by atoms with Crippen LogP contribution >= 0.6 is 22.6 Å². The van der Waals surface area contributed by atoms with Gasteiger partial charge in [0.1, 0.15) is 5.54 Å². The second-order valence-corrected chi connectivity index (χ2v) is 6.10. The standard InChI is InChI=1S/C14H16INO4/c15-11-3-1-2-10(8-11)9-12(17)16-14(13(18)19)4-6-20-7-5-14/h1-3,8H,4-7,9H2,(H,16,17)(H,18,19). The lowest BCUT2D eigenvalue weighted by atomic mass is 9.90. The fourth-order valence-corrected chi connectivity index (χ4v) is 2.86. The molecule has 0 unspecified atom stereocenters. The molecule has 0 radical (unpaired) electrons. The van der Waals surface area contributed by atoms with Crippen LogP contribution in [0.4, 0.5) is 0 Å². The molecule has 1 amide bonds. The molecule has 0 aromatic heterocycles. The van der Waals surface area contributed by atoms with Gasteiger partial charge in [-0.3, -0.25) is 4.79 Å². The van der Waals surface area contributed by atoms with E-state index in [0.717, 1.165) is 9.13 Å². The number of halogens is 1. The minimum atomic E-state index is -1.18. The Morgan fingerprint density at radius 1 is 1.35 bits per heavy atom. The highest BCUT2D eigenvalue weighted by Crippen LogP contribution is 2.21. The van der Waals surface area contributed by atoms with Crippen molar-refractivity contribution in [2.75, 3.05) is 13.2 Å². The normalized spacial score (nSPS) is 17.4. The van der Waals surface area contributed by atoms with Crippen molar-refractivity contribution >= 4 is 34.5 Å². The number of aliphatic carboxylic acids is 1. The fraction of sp³-hybridized carbons (Fsp3) is 0.429. The molecule has 1 saturated heterocycles. The van der Waals surface area contributed by atoms with E-state index in [9.17, 15) is 14.7 Å². The third-order valence-electron chi connectivity index (χ3n) is 3.39. The molecule has 1 aromatic rings. The second kappa shape index (κ2) is 6.53. The lowest BCUT2D eigenvalue weighted by Gasteiger charge is -2.33. The molecular formula is C14H16INO4. The average Bonchev–Trinajstić information content (AvgIpc) is 2.39. The van der Waals surface area contributed by atoms with Gasteiger partial charge >= 0.3 is 5.97 Å². The molecule has 6 heteroatoms. The van der Waals surface area contributed by atoms with Crippen molar-refractivity contribution in [3.63, 3.8) is 0 Å². The van der Waals surface area contributed by atoms with Gasteiger partial charge in [-0.2, -0.15) is 0 Å². The van der Waals surface area contributed by atoms with Gasteiger partial charge in [-0.15, -0.1) is 0 Å². The molecule has 1 aliphatic rings. The first-order valence-corrected chi connectivity index (χ1v) is 7.46. The van der Waals surface area contributed by atoms with Crippen molar-refractivity contribution in [1.82, 2.24) is 5.32 Å². The third-order valence-corrected chi connectivity index (χ3v) is 4.06. The van der Waals surface area contributed by atoms with Crippen molar-refractivity contribution in [3.8, 4) is 0 Å². The highest BCUT2D eigenvalue weighted by molar-refractivity contribution is 14.1. The average molecular weight is 389 g/mol. The van der Waals surface area contributed by atoms with Gasteiger partial charge < -0.3 is 15.2 Å². The minimum absolute atomic E-state index is 0.187. The number of amides is 1. The number of carbonyl (C=O) groups excluding carboxylic acids is 1. The summed E-state index contributed by atoms with van der Waals surface area (Å²) in [5.74, 6) is -1.26. The zero-order valence-corrected chi connectivity index (χ0v) is 13.1. The first-order valence-electron chi connectivity index (χ1n) is 6.38. The fourth-order valence-electron chi connectivity index (χ4n) is 2.26. The molecule has 0 aliphatic carbocycles. The van der Waals surface area contributed by atoms with E-state index >= 15 is 0 Å². The predicted molar refractivity (Wildman–Crippen MR) is 81.4 cm³/mol. The topological polar surface area (TPSA) is 75.6 Å². The number of hydrogen-bond acceptors (Lipinski definition) is 3. The smallest absolute Gasteiger partial charge is 0.329 e. The number of carboxylic acid groups (broad SMARTS) is 1. The molecule has 1 heterocycles. The first-order chi connectivity index (χ1) is 9.52. The first kappa shape index (κ1) is 15.2. The molecule has 0 bridgehead atoms. The van der Waals surface area contributed by atoms with Gasteiger partial charge in [0.15, 0.2) is 0 Å². The van der Waals surface area contributed by atoms with Crippen LogP contribution in [-0.2, 0) is 20.7 Å². The van der Waals surface area contributed by atoms with Crippen LogP contribution in [0, 0.1) is 3.57 Å². The quantitative estimate of drug-likeness (QED) is 0.767. The summed E-state index contributed by atoms with van der Waals surface area (Å²) < 4.78 is 6.22. The van der Waals surface area contributed by atoms with E-state index in [1.807, 2.05) is 24.3 Å². The number of benzene rings is 1. The lowest BCUT2D eigenvalue weighted by molar-refractivity contribution is -0.152. The molecule has 1 aliphatic heterocycles. The molecule has 5 nitrogen and oxygen atoms in total. The number of carbonyl (C=O) groups is 2. The molecular weight excluding hydrogens is 373 g/mol. The Balaban J connectivity index is 2.03. The van der Waals surface area contributed by atoms with Crippen LogP contribution in [0.5, 0.6) is 0 Å². The summed E-state index contributed by atoms with van der Waals surface area (Å²) in [5.41, 5.74) is -0.306. The van der Waals surface area contributed by atoms with Crippen LogP contribution in [0.15, 0.2) is 24.3 Å². The zero-order chi connectivity index (χ0) is 14.6. The third kappa shape index (κ3) is 3.69. The lowest BCUT2D eigenvalue weighted by Crippen LogP contribution is -2.57. The second-order valence-electron chi connectivity index (χ2n) is 4.85. The molecule has 2 N–H and O–H groups in total. The Kier molecular flexibility index (Phi) is 4.98. The van der Waals surface area contributed by atoms with Gasteiger partial charge in [-0.1, -0.05) is 12.1 Å². The van der Waals surface area contributed by atoms with Crippen molar-refractivity contribution < 1.29 is 19.4 Å². The van der Waals surface area contributed by atoms with Crippen LogP contribution in [-0.4, -0.2) is 35.7 Å². The van der Waals surface area contributed by atoms with Gasteiger partial charge in [0, 0.05) is 29.6 Å². The molecule has 2 rings (SSSR count). The minimum Gasteiger partial charge on any atom is -0.480 e. The molecule has 20 heavy (non-hydrogen) atoms. The summed E-state index contributed by atoms with van der Waals surface area (Å²) in [4.78, 5) is 23.5. The number of nitrogens with one attached hydrogen (secondary N) is 1. The summed E-state index contributed by atoms with van der Waals surface area (Å²) in [6.07, 6.45) is 0.799. The Labute approximate surface area is 130 Å². The van der Waals surface area contributed by atoms with Crippen molar-refractivity contribution in [3.05, 3.63) is 33.4 Å². The summed E-state index contributed by atoms with van der Waals surface area (Å²) in [7, 11) is 0. The monoisotopic (exact) mass is 389 g/mol. The van der Waals surface area contributed by atoms with E-state index in [1.54, 1.807) is 0 Å². The Morgan fingerprint density at radius 2 is 2.05 bits per heavy atom. The maximum absolute atomic E-state index is 12.1. The maximum atomic E-state index is 12.1. The molecule has 0 spiro atoms. The van der Waals surface area contributed by atoms with Crippen LogP contribution in [0.1, 0.15) is 18.4 Å². The Bertz CT molecular complexity index is 512. The number of carboxylic acids is 1. The molecule has 1 aromatic carbocycles. The highest BCUT2D eigenvalue weighted by atomic mass is 127. The number of ether oxygens (including phenoxy) is 1. The summed E-state index contributed by atoms with van der Waals surface area (Å²) in [6, 6.07) is 7.60. The van der Waals surface area contributed by atoms with Crippen molar-refractivity contribution in [2.45, 2.75) is 24.8 Å². The largest absolute Gasteiger partial charge is 0.480 e. The number of hydrogen-bond donors (Lipinski definition) is 2. The van der Waals surface area contributed by atoms with Crippen molar-refractivity contribution in [1.29, 1.82) is 0 Å². The highest BCUT2D eigenvalue weighted by Gasteiger charge is 2.41. The summed E-state index contributed by atoms with van der Waals surface area (Å²) in [6.45, 7) is 0.714. The SMILES string of the molecule is O=C(Cc1cccc(I)c1)NC1(C(=O)O)CCOCC1. The van der Waals surface area contributed by atoms with E-state index in [4.69, 9.17) is 4.74 Å². The van der Waals surface area contributed by atoms with E-state index in [-0.39, 0.29) is 12.3 Å². The van der Waals surface area contributed by atoms with Crippen molar-refractivity contribution in [2.24, 2.45) is 0 Å². The van der Waals surface area contributed by atoms with Gasteiger partial charge in [0.05, 0.1) is 6.42 Å². The Hall–Kier alpha value is -1.15. The molecule has 0 atom stereocenters. The summed E-state index contributed by atoms with van der Waals surface area (Å²) >= 11 is 2.18. The van der Waals surface area contributed by atoms with Crippen LogP contribution < -0.4 is 5.32 Å².